The summed E-state index contributed by atoms with van der Waals surface area (Å²) in [6.45, 7) is 9.98. The van der Waals surface area contributed by atoms with Crippen molar-refractivity contribution < 1.29 is 14.3 Å². The van der Waals surface area contributed by atoms with Crippen LogP contribution >= 0.6 is 0 Å². The van der Waals surface area contributed by atoms with Gasteiger partial charge in [0.2, 0.25) is 0 Å². The van der Waals surface area contributed by atoms with Gasteiger partial charge in [-0.25, -0.2) is 4.79 Å². The summed E-state index contributed by atoms with van der Waals surface area (Å²) >= 11 is 0. The quantitative estimate of drug-likeness (QED) is 0.446. The van der Waals surface area contributed by atoms with Crippen molar-refractivity contribution in [3.63, 3.8) is 0 Å². The molecule has 0 fully saturated rings. The maximum atomic E-state index is 11.6. The fraction of sp³-hybridized carbons (Fsp3) is 0.312. The Kier molecular flexibility index (Phi) is 5.86. The lowest BCUT2D eigenvalue weighted by molar-refractivity contribution is -0.138. The number of aryl methyl sites for hydroxylation is 1. The lowest BCUT2D eigenvalue weighted by Gasteiger charge is -2.08. The van der Waals surface area contributed by atoms with Gasteiger partial charge in [0.1, 0.15) is 12.4 Å². The van der Waals surface area contributed by atoms with E-state index < -0.39 is 0 Å². The molecule has 19 heavy (non-hydrogen) atoms. The first-order chi connectivity index (χ1) is 9.08. The van der Waals surface area contributed by atoms with Crippen molar-refractivity contribution in [1.29, 1.82) is 0 Å². The van der Waals surface area contributed by atoms with Crippen LogP contribution in [0.3, 0.4) is 0 Å². The average molecular weight is 260 g/mol. The molecule has 1 aromatic rings. The highest BCUT2D eigenvalue weighted by molar-refractivity contribution is 5.93. The van der Waals surface area contributed by atoms with Gasteiger partial charge in [0.25, 0.3) is 0 Å². The van der Waals surface area contributed by atoms with Crippen molar-refractivity contribution in [2.45, 2.75) is 20.8 Å². The van der Waals surface area contributed by atoms with Crippen LogP contribution in [-0.2, 0) is 9.53 Å². The Balaban J connectivity index is 2.95. The zero-order valence-corrected chi connectivity index (χ0v) is 11.7. The third-order valence-electron chi connectivity index (χ3n) is 2.59. The molecule has 0 spiro atoms. The van der Waals surface area contributed by atoms with Gasteiger partial charge in [-0.1, -0.05) is 18.7 Å². The molecule has 0 unspecified atom stereocenters. The standard InChI is InChI=1S/C16H20O3/c1-5-9-19-15-8-7-12(3)14(11-15)10-13(4)16(17)18-6-2/h5,7-8,10-11H,1,6,9H2,2-4H3/b13-10+. The molecule has 0 aliphatic heterocycles. The second-order valence-corrected chi connectivity index (χ2v) is 4.17. The van der Waals surface area contributed by atoms with Crippen LogP contribution < -0.4 is 4.74 Å². The normalized spacial score (nSPS) is 11.0. The molecule has 0 aromatic heterocycles. The van der Waals surface area contributed by atoms with Gasteiger partial charge in [-0.3, -0.25) is 0 Å². The van der Waals surface area contributed by atoms with Crippen LogP contribution in [0.25, 0.3) is 6.08 Å². The predicted molar refractivity (Wildman–Crippen MR) is 77.2 cm³/mol. The van der Waals surface area contributed by atoms with Gasteiger partial charge in [-0.15, -0.1) is 0 Å². The summed E-state index contributed by atoms with van der Waals surface area (Å²) in [6, 6.07) is 5.76. The lowest BCUT2D eigenvalue weighted by Crippen LogP contribution is -2.05. The third kappa shape index (κ3) is 4.62. The largest absolute Gasteiger partial charge is 0.490 e. The van der Waals surface area contributed by atoms with Gasteiger partial charge in [0, 0.05) is 5.57 Å². The van der Waals surface area contributed by atoms with E-state index in [1.807, 2.05) is 31.2 Å². The number of esters is 1. The Labute approximate surface area is 114 Å². The molecule has 102 valence electrons. The molecule has 3 heteroatoms. The van der Waals surface area contributed by atoms with E-state index >= 15 is 0 Å². The summed E-state index contributed by atoms with van der Waals surface area (Å²) in [5, 5.41) is 0. The van der Waals surface area contributed by atoms with Crippen molar-refractivity contribution in [3.8, 4) is 5.75 Å². The highest BCUT2D eigenvalue weighted by Gasteiger charge is 2.06. The monoisotopic (exact) mass is 260 g/mol. The first kappa shape index (κ1) is 15.0. The van der Waals surface area contributed by atoms with E-state index in [9.17, 15) is 4.79 Å². The van der Waals surface area contributed by atoms with Crippen molar-refractivity contribution in [1.82, 2.24) is 0 Å². The molecule has 0 amide bonds. The number of benzene rings is 1. The summed E-state index contributed by atoms with van der Waals surface area (Å²) in [6.07, 6.45) is 3.51. The highest BCUT2D eigenvalue weighted by Crippen LogP contribution is 2.20. The van der Waals surface area contributed by atoms with E-state index in [0.717, 1.165) is 16.9 Å². The maximum absolute atomic E-state index is 11.6. The van der Waals surface area contributed by atoms with Crippen molar-refractivity contribution in [3.05, 3.63) is 47.6 Å². The molecule has 0 aliphatic rings. The molecule has 0 radical (unpaired) electrons. The fourth-order valence-electron chi connectivity index (χ4n) is 1.56. The van der Waals surface area contributed by atoms with Gasteiger partial charge in [-0.05, 0) is 50.1 Å². The van der Waals surface area contributed by atoms with Gasteiger partial charge in [0.15, 0.2) is 0 Å². The van der Waals surface area contributed by atoms with Gasteiger partial charge < -0.3 is 9.47 Å². The van der Waals surface area contributed by atoms with Crippen LogP contribution in [-0.4, -0.2) is 19.2 Å². The van der Waals surface area contributed by atoms with E-state index in [4.69, 9.17) is 9.47 Å². The Bertz CT molecular complexity index is 487. The maximum Gasteiger partial charge on any atom is 0.333 e. The molecule has 0 aliphatic carbocycles. The minimum atomic E-state index is -0.292. The SMILES string of the molecule is C=CCOc1ccc(C)c(/C=C(\C)C(=O)OCC)c1. The molecule has 0 atom stereocenters. The predicted octanol–water partition coefficient (Wildman–Crippen LogP) is 3.53. The third-order valence-corrected chi connectivity index (χ3v) is 2.59. The topological polar surface area (TPSA) is 35.5 Å². The minimum Gasteiger partial charge on any atom is -0.490 e. The van der Waals surface area contributed by atoms with E-state index in [0.29, 0.717) is 18.8 Å². The van der Waals surface area contributed by atoms with Crippen LogP contribution in [0.1, 0.15) is 25.0 Å². The number of hydrogen-bond acceptors (Lipinski definition) is 3. The van der Waals surface area contributed by atoms with E-state index in [1.54, 1.807) is 19.9 Å². The smallest absolute Gasteiger partial charge is 0.333 e. The van der Waals surface area contributed by atoms with Gasteiger partial charge in [-0.2, -0.15) is 0 Å². The number of rotatable bonds is 6. The van der Waals surface area contributed by atoms with Crippen LogP contribution in [0.15, 0.2) is 36.4 Å². The van der Waals surface area contributed by atoms with Crippen LogP contribution in [0.2, 0.25) is 0 Å². The van der Waals surface area contributed by atoms with Crippen molar-refractivity contribution >= 4 is 12.0 Å². The Morgan fingerprint density at radius 2 is 2.16 bits per heavy atom. The van der Waals surface area contributed by atoms with Crippen LogP contribution in [0, 0.1) is 6.92 Å². The first-order valence-corrected chi connectivity index (χ1v) is 6.28. The number of ether oxygens (including phenoxy) is 2. The molecule has 0 bridgehead atoms. The van der Waals surface area contributed by atoms with Crippen molar-refractivity contribution in [2.75, 3.05) is 13.2 Å². The summed E-state index contributed by atoms with van der Waals surface area (Å²) in [5.74, 6) is 0.465. The number of carbonyl (C=O) groups excluding carboxylic acids is 1. The fourth-order valence-corrected chi connectivity index (χ4v) is 1.56. The summed E-state index contributed by atoms with van der Waals surface area (Å²) in [5.41, 5.74) is 2.60. The minimum absolute atomic E-state index is 0.292. The van der Waals surface area contributed by atoms with E-state index in [-0.39, 0.29) is 5.97 Å². The molecule has 1 rings (SSSR count). The molecule has 0 saturated heterocycles. The molecular formula is C16H20O3. The Hall–Kier alpha value is -2.03. The first-order valence-electron chi connectivity index (χ1n) is 6.28. The number of carbonyl (C=O) groups is 1. The molecule has 0 N–H and O–H groups in total. The Morgan fingerprint density at radius 1 is 1.42 bits per heavy atom. The molecule has 1 aromatic carbocycles. The van der Waals surface area contributed by atoms with E-state index in [2.05, 4.69) is 6.58 Å². The second kappa shape index (κ2) is 7.41. The zero-order chi connectivity index (χ0) is 14.3. The Morgan fingerprint density at radius 3 is 2.79 bits per heavy atom. The van der Waals surface area contributed by atoms with Gasteiger partial charge >= 0.3 is 5.97 Å². The number of hydrogen-bond donors (Lipinski definition) is 0. The zero-order valence-electron chi connectivity index (χ0n) is 11.7. The highest BCUT2D eigenvalue weighted by atomic mass is 16.5. The summed E-state index contributed by atoms with van der Waals surface area (Å²) in [4.78, 5) is 11.6. The summed E-state index contributed by atoms with van der Waals surface area (Å²) in [7, 11) is 0. The molecule has 0 saturated carbocycles. The van der Waals surface area contributed by atoms with Crippen LogP contribution in [0.4, 0.5) is 0 Å². The summed E-state index contributed by atoms with van der Waals surface area (Å²) < 4.78 is 10.4. The average Bonchev–Trinajstić information content (AvgIpc) is 2.39. The lowest BCUT2D eigenvalue weighted by atomic mass is 10.1. The molecule has 0 heterocycles. The van der Waals surface area contributed by atoms with Crippen molar-refractivity contribution in [2.24, 2.45) is 0 Å². The van der Waals surface area contributed by atoms with Gasteiger partial charge in [0.05, 0.1) is 6.61 Å². The van der Waals surface area contributed by atoms with E-state index in [1.165, 1.54) is 0 Å². The van der Waals surface area contributed by atoms with Crippen LogP contribution in [0.5, 0.6) is 5.75 Å². The molecular weight excluding hydrogens is 240 g/mol. The second-order valence-electron chi connectivity index (χ2n) is 4.17. The molecule has 3 nitrogen and oxygen atoms in total.